The average Bonchev–Trinajstić information content (AvgIpc) is 3.27. The van der Waals surface area contributed by atoms with Crippen molar-refractivity contribution < 1.29 is 13.5 Å². The highest BCUT2D eigenvalue weighted by atomic mass is 32.1. The Morgan fingerprint density at radius 2 is 1.64 bits per heavy atom. The molecule has 1 N–H and O–H groups in total. The van der Waals surface area contributed by atoms with Crippen molar-refractivity contribution in [3.63, 3.8) is 0 Å². The number of para-hydroxylation sites is 1. The van der Waals surface area contributed by atoms with E-state index in [0.29, 0.717) is 16.5 Å². The summed E-state index contributed by atoms with van der Waals surface area (Å²) in [6.07, 6.45) is 8.29. The summed E-state index contributed by atoms with van der Waals surface area (Å²) in [4.78, 5) is 18.2. The Bertz CT molecular complexity index is 1380. The molecule has 0 fully saturated rings. The monoisotopic (exact) mass is 459 g/mol. The summed E-state index contributed by atoms with van der Waals surface area (Å²) in [5, 5.41) is 3.87. The zero-order valence-corrected chi connectivity index (χ0v) is 17.8. The van der Waals surface area contributed by atoms with E-state index in [-0.39, 0.29) is 5.75 Å². The van der Waals surface area contributed by atoms with E-state index >= 15 is 0 Å². The van der Waals surface area contributed by atoms with Gasteiger partial charge in [0.1, 0.15) is 5.75 Å². The van der Waals surface area contributed by atoms with Gasteiger partial charge in [-0.25, -0.2) is 13.8 Å². The van der Waals surface area contributed by atoms with Gasteiger partial charge in [0.15, 0.2) is 22.5 Å². The number of rotatable bonds is 6. The van der Waals surface area contributed by atoms with Crippen LogP contribution in [0.1, 0.15) is 0 Å². The first-order valence-electron chi connectivity index (χ1n) is 9.84. The van der Waals surface area contributed by atoms with Gasteiger partial charge in [-0.2, -0.15) is 0 Å². The summed E-state index contributed by atoms with van der Waals surface area (Å²) in [7, 11) is 0. The lowest BCUT2D eigenvalue weighted by Gasteiger charge is -2.09. The van der Waals surface area contributed by atoms with Crippen LogP contribution in [0.15, 0.2) is 85.6 Å². The van der Waals surface area contributed by atoms with Gasteiger partial charge in [-0.1, -0.05) is 17.4 Å². The number of anilines is 2. The second-order valence-electron chi connectivity index (χ2n) is 6.83. The Labute approximate surface area is 191 Å². The molecule has 0 atom stereocenters. The Morgan fingerprint density at radius 3 is 2.36 bits per heavy atom. The van der Waals surface area contributed by atoms with Gasteiger partial charge in [0.2, 0.25) is 0 Å². The maximum absolute atomic E-state index is 14.0. The van der Waals surface area contributed by atoms with E-state index in [9.17, 15) is 8.78 Å². The maximum Gasteiger partial charge on any atom is 0.198 e. The van der Waals surface area contributed by atoms with E-state index < -0.39 is 17.4 Å². The van der Waals surface area contributed by atoms with E-state index in [4.69, 9.17) is 9.72 Å². The van der Waals surface area contributed by atoms with Crippen LogP contribution >= 0.6 is 11.3 Å². The summed E-state index contributed by atoms with van der Waals surface area (Å²) in [6, 6.07) is 14.1. The molecular formula is C24H15F2N5OS. The number of nitrogens with one attached hydrogen (secondary N) is 1. The SMILES string of the molecule is Fc1cccc(F)c1Oc1ccnc(-c2sc(Nc3cccnc3)nc2-c2cccnc2)c1. The highest BCUT2D eigenvalue weighted by Gasteiger charge is 2.18. The number of pyridine rings is 3. The molecule has 162 valence electrons. The molecule has 5 rings (SSSR count). The third kappa shape index (κ3) is 4.53. The van der Waals surface area contributed by atoms with Crippen LogP contribution in [0.2, 0.25) is 0 Å². The van der Waals surface area contributed by atoms with Gasteiger partial charge in [-0.05, 0) is 42.5 Å². The first-order chi connectivity index (χ1) is 16.2. The number of aromatic nitrogens is 4. The number of hydrogen-bond donors (Lipinski definition) is 1. The van der Waals surface area contributed by atoms with Gasteiger partial charge >= 0.3 is 0 Å². The van der Waals surface area contributed by atoms with Crippen LogP contribution in [0.25, 0.3) is 21.8 Å². The lowest BCUT2D eigenvalue weighted by Crippen LogP contribution is -1.93. The van der Waals surface area contributed by atoms with Gasteiger partial charge in [0, 0.05) is 36.4 Å². The number of ether oxygens (including phenoxy) is 1. The Kier molecular flexibility index (Phi) is 5.69. The highest BCUT2D eigenvalue weighted by Crippen LogP contribution is 2.40. The van der Waals surface area contributed by atoms with E-state index in [2.05, 4.69) is 20.3 Å². The van der Waals surface area contributed by atoms with Crippen molar-refractivity contribution in [3.8, 4) is 33.3 Å². The highest BCUT2D eigenvalue weighted by molar-refractivity contribution is 7.19. The molecule has 0 aliphatic heterocycles. The second kappa shape index (κ2) is 9.09. The van der Waals surface area contributed by atoms with Crippen molar-refractivity contribution in [2.24, 2.45) is 0 Å². The van der Waals surface area contributed by atoms with Crippen LogP contribution in [0, 0.1) is 11.6 Å². The van der Waals surface area contributed by atoms with Crippen molar-refractivity contribution in [1.29, 1.82) is 0 Å². The van der Waals surface area contributed by atoms with E-state index in [0.717, 1.165) is 28.3 Å². The van der Waals surface area contributed by atoms with E-state index in [1.54, 1.807) is 30.9 Å². The molecule has 9 heteroatoms. The molecule has 0 amide bonds. The van der Waals surface area contributed by atoms with Crippen LogP contribution in [0.4, 0.5) is 19.6 Å². The molecule has 0 unspecified atom stereocenters. The Morgan fingerprint density at radius 1 is 0.848 bits per heavy atom. The lowest BCUT2D eigenvalue weighted by molar-refractivity contribution is 0.407. The molecule has 0 radical (unpaired) electrons. The zero-order valence-electron chi connectivity index (χ0n) is 16.9. The normalized spacial score (nSPS) is 10.7. The summed E-state index contributed by atoms with van der Waals surface area (Å²) in [5.74, 6) is -1.79. The number of hydrogen-bond acceptors (Lipinski definition) is 7. The van der Waals surface area contributed by atoms with Gasteiger partial charge in [-0.3, -0.25) is 15.0 Å². The average molecular weight is 459 g/mol. The molecule has 4 aromatic heterocycles. The number of thiazole rings is 1. The minimum atomic E-state index is -0.787. The van der Waals surface area contributed by atoms with E-state index in [1.165, 1.54) is 29.7 Å². The molecule has 33 heavy (non-hydrogen) atoms. The summed E-state index contributed by atoms with van der Waals surface area (Å²) < 4.78 is 33.6. The van der Waals surface area contributed by atoms with Crippen molar-refractivity contribution in [1.82, 2.24) is 19.9 Å². The quantitative estimate of drug-likeness (QED) is 0.313. The van der Waals surface area contributed by atoms with Gasteiger partial charge in [-0.15, -0.1) is 0 Å². The molecule has 0 spiro atoms. The Hall–Kier alpha value is -4.24. The molecular weight excluding hydrogens is 444 g/mol. The topological polar surface area (TPSA) is 72.8 Å². The fourth-order valence-corrected chi connectivity index (χ4v) is 4.08. The fraction of sp³-hybridized carbons (Fsp3) is 0. The minimum absolute atomic E-state index is 0.247. The largest absolute Gasteiger partial charge is 0.451 e. The van der Waals surface area contributed by atoms with Crippen LogP contribution in [0.3, 0.4) is 0 Å². The molecule has 0 bridgehead atoms. The molecule has 5 aromatic rings. The van der Waals surface area contributed by atoms with Gasteiger partial charge in [0.25, 0.3) is 0 Å². The summed E-state index contributed by atoms with van der Waals surface area (Å²) in [6.45, 7) is 0. The third-order valence-electron chi connectivity index (χ3n) is 4.58. The molecule has 6 nitrogen and oxygen atoms in total. The van der Waals surface area contributed by atoms with Gasteiger partial charge < -0.3 is 10.1 Å². The van der Waals surface area contributed by atoms with Crippen molar-refractivity contribution >= 4 is 22.2 Å². The van der Waals surface area contributed by atoms with Gasteiger partial charge in [0.05, 0.1) is 28.1 Å². The third-order valence-corrected chi connectivity index (χ3v) is 5.57. The van der Waals surface area contributed by atoms with Crippen LogP contribution in [-0.4, -0.2) is 19.9 Å². The van der Waals surface area contributed by atoms with Crippen LogP contribution in [-0.2, 0) is 0 Å². The first kappa shape index (κ1) is 20.7. The van der Waals surface area contributed by atoms with Crippen LogP contribution < -0.4 is 10.1 Å². The zero-order chi connectivity index (χ0) is 22.6. The van der Waals surface area contributed by atoms with Crippen molar-refractivity contribution in [2.75, 3.05) is 5.32 Å². The smallest absolute Gasteiger partial charge is 0.198 e. The number of nitrogens with zero attached hydrogens (tertiary/aromatic N) is 4. The molecule has 0 saturated carbocycles. The second-order valence-corrected chi connectivity index (χ2v) is 7.83. The maximum atomic E-state index is 14.0. The predicted octanol–water partition coefficient (Wildman–Crippen LogP) is 6.48. The minimum Gasteiger partial charge on any atom is -0.451 e. The molecule has 4 heterocycles. The number of benzene rings is 1. The lowest BCUT2D eigenvalue weighted by atomic mass is 10.1. The molecule has 1 aromatic carbocycles. The molecule has 0 aliphatic carbocycles. The summed E-state index contributed by atoms with van der Waals surface area (Å²) in [5.41, 5.74) is 2.80. The fourth-order valence-electron chi connectivity index (χ4n) is 3.10. The first-order valence-corrected chi connectivity index (χ1v) is 10.7. The van der Waals surface area contributed by atoms with Crippen LogP contribution in [0.5, 0.6) is 11.5 Å². The molecule has 0 aliphatic rings. The standard InChI is InChI=1S/C24H15F2N5OS/c25-18-6-1-7-19(26)22(18)32-17-8-11-29-20(12-17)23-21(15-4-2-9-27-13-15)31-24(33-23)30-16-5-3-10-28-14-16/h1-14H,(H,30,31). The summed E-state index contributed by atoms with van der Waals surface area (Å²) >= 11 is 1.38. The van der Waals surface area contributed by atoms with Crippen molar-refractivity contribution in [3.05, 3.63) is 97.2 Å². The Balaban J connectivity index is 1.55. The number of halogens is 2. The van der Waals surface area contributed by atoms with E-state index in [1.807, 2.05) is 24.3 Å². The predicted molar refractivity (Wildman–Crippen MR) is 123 cm³/mol. The van der Waals surface area contributed by atoms with Crippen molar-refractivity contribution in [2.45, 2.75) is 0 Å². The molecule has 0 saturated heterocycles.